The molecule has 28 heavy (non-hydrogen) atoms. The van der Waals surface area contributed by atoms with E-state index < -0.39 is 0 Å². The molecule has 3 N–H and O–H groups in total. The van der Waals surface area contributed by atoms with Gasteiger partial charge in [0.2, 0.25) is 0 Å². The predicted molar refractivity (Wildman–Crippen MR) is 110 cm³/mol. The molecule has 0 aliphatic heterocycles. The minimum atomic E-state index is -0.0275. The van der Waals surface area contributed by atoms with Crippen molar-refractivity contribution in [1.29, 1.82) is 0 Å². The molecule has 1 unspecified atom stereocenters. The Morgan fingerprint density at radius 3 is 2.68 bits per heavy atom. The third-order valence-electron chi connectivity index (χ3n) is 4.82. The number of rotatable bonds is 6. The number of nitrogens with one attached hydrogen (secondary N) is 2. The zero-order valence-electron chi connectivity index (χ0n) is 15.8. The number of nitrogens with zero attached hydrogens (tertiary/aromatic N) is 2. The van der Waals surface area contributed by atoms with Gasteiger partial charge in [0.1, 0.15) is 23.5 Å². The van der Waals surface area contributed by atoms with Gasteiger partial charge in [-0.1, -0.05) is 36.4 Å². The molecule has 6 nitrogen and oxygen atoms in total. The third kappa shape index (κ3) is 3.42. The Bertz CT molecular complexity index is 1090. The van der Waals surface area contributed by atoms with Crippen LogP contribution in [0, 0.1) is 0 Å². The van der Waals surface area contributed by atoms with Gasteiger partial charge in [0.15, 0.2) is 0 Å². The summed E-state index contributed by atoms with van der Waals surface area (Å²) in [5.41, 5.74) is 4.52. The molecular formula is C22H22N4O2. The largest absolute Gasteiger partial charge is 0.496 e. The molecule has 4 rings (SSSR count). The molecule has 0 fully saturated rings. The lowest BCUT2D eigenvalue weighted by molar-refractivity contribution is 0.281. The molecule has 142 valence electrons. The SMILES string of the molecule is COc1cc(CO)ccc1-c1cc2c(NC(C)c3ccccc3)ncnc2[nH]1. The van der Waals surface area contributed by atoms with E-state index in [4.69, 9.17) is 4.74 Å². The molecule has 0 bridgehead atoms. The first-order valence-electron chi connectivity index (χ1n) is 9.13. The van der Waals surface area contributed by atoms with Gasteiger partial charge in [-0.25, -0.2) is 9.97 Å². The van der Waals surface area contributed by atoms with Crippen molar-refractivity contribution in [2.75, 3.05) is 12.4 Å². The van der Waals surface area contributed by atoms with Crippen LogP contribution in [-0.4, -0.2) is 27.2 Å². The van der Waals surface area contributed by atoms with E-state index in [2.05, 4.69) is 39.3 Å². The summed E-state index contributed by atoms with van der Waals surface area (Å²) in [6.45, 7) is 2.08. The van der Waals surface area contributed by atoms with Crippen LogP contribution in [0.1, 0.15) is 24.1 Å². The van der Waals surface area contributed by atoms with Gasteiger partial charge in [0.05, 0.1) is 24.8 Å². The maximum atomic E-state index is 9.36. The lowest BCUT2D eigenvalue weighted by Gasteiger charge is -2.15. The fourth-order valence-electron chi connectivity index (χ4n) is 3.29. The first kappa shape index (κ1) is 18.0. The Kier molecular flexibility index (Phi) is 4.95. The first-order chi connectivity index (χ1) is 13.7. The van der Waals surface area contributed by atoms with Crippen LogP contribution in [0.4, 0.5) is 5.82 Å². The number of hydrogen-bond acceptors (Lipinski definition) is 5. The highest BCUT2D eigenvalue weighted by atomic mass is 16.5. The molecule has 0 saturated heterocycles. The zero-order chi connectivity index (χ0) is 19.5. The average molecular weight is 374 g/mol. The monoisotopic (exact) mass is 374 g/mol. The summed E-state index contributed by atoms with van der Waals surface area (Å²) in [5, 5.41) is 13.7. The van der Waals surface area contributed by atoms with Gasteiger partial charge in [0.25, 0.3) is 0 Å². The Balaban J connectivity index is 1.72. The molecule has 0 saturated carbocycles. The number of fused-ring (bicyclic) bond motifs is 1. The van der Waals surface area contributed by atoms with Crippen LogP contribution in [0.2, 0.25) is 0 Å². The van der Waals surface area contributed by atoms with Crippen molar-refractivity contribution in [3.05, 3.63) is 72.1 Å². The highest BCUT2D eigenvalue weighted by Crippen LogP contribution is 2.34. The molecule has 2 aromatic carbocycles. The summed E-state index contributed by atoms with van der Waals surface area (Å²) in [7, 11) is 1.62. The second-order valence-corrected chi connectivity index (χ2v) is 6.64. The van der Waals surface area contributed by atoms with Crippen LogP contribution in [-0.2, 0) is 6.61 Å². The Hall–Kier alpha value is -3.38. The van der Waals surface area contributed by atoms with E-state index in [0.29, 0.717) is 5.75 Å². The number of hydrogen-bond donors (Lipinski definition) is 3. The quantitative estimate of drug-likeness (QED) is 0.469. The molecule has 0 aliphatic carbocycles. The number of H-pyrrole nitrogens is 1. The second kappa shape index (κ2) is 7.70. The third-order valence-corrected chi connectivity index (χ3v) is 4.82. The van der Waals surface area contributed by atoms with E-state index in [-0.39, 0.29) is 12.6 Å². The lowest BCUT2D eigenvalue weighted by Crippen LogP contribution is -2.08. The standard InChI is InChI=1S/C22H22N4O2/c1-14(16-6-4-3-5-7-16)25-21-18-11-19(26-22(18)24-13-23-21)17-9-8-15(12-27)10-20(17)28-2/h3-11,13-14,27H,12H2,1-2H3,(H2,23,24,25,26). The Labute approximate surface area is 163 Å². The highest BCUT2D eigenvalue weighted by molar-refractivity contribution is 5.92. The van der Waals surface area contributed by atoms with Crippen LogP contribution in [0.25, 0.3) is 22.3 Å². The Morgan fingerprint density at radius 2 is 1.93 bits per heavy atom. The average Bonchev–Trinajstić information content (AvgIpc) is 3.19. The van der Waals surface area contributed by atoms with Crippen LogP contribution in [0.5, 0.6) is 5.75 Å². The normalized spacial score (nSPS) is 12.1. The van der Waals surface area contributed by atoms with Gasteiger partial charge >= 0.3 is 0 Å². The fourth-order valence-corrected chi connectivity index (χ4v) is 3.29. The molecule has 6 heteroatoms. The molecule has 0 aliphatic rings. The minimum absolute atomic E-state index is 0.0275. The van der Waals surface area contributed by atoms with E-state index in [9.17, 15) is 5.11 Å². The summed E-state index contributed by atoms with van der Waals surface area (Å²) in [6, 6.07) is 18.0. The number of aromatic amines is 1. The number of ether oxygens (including phenoxy) is 1. The molecule has 0 radical (unpaired) electrons. The van der Waals surface area contributed by atoms with Crippen molar-refractivity contribution in [2.24, 2.45) is 0 Å². The van der Waals surface area contributed by atoms with Crippen LogP contribution < -0.4 is 10.1 Å². The fraction of sp³-hybridized carbons (Fsp3) is 0.182. The summed E-state index contributed by atoms with van der Waals surface area (Å²) in [6.07, 6.45) is 1.55. The van der Waals surface area contributed by atoms with E-state index in [1.54, 1.807) is 13.4 Å². The van der Waals surface area contributed by atoms with Crippen molar-refractivity contribution >= 4 is 16.9 Å². The van der Waals surface area contributed by atoms with Gasteiger partial charge in [-0.2, -0.15) is 0 Å². The van der Waals surface area contributed by atoms with Crippen molar-refractivity contribution in [3.8, 4) is 17.0 Å². The maximum absolute atomic E-state index is 9.36. The van der Waals surface area contributed by atoms with E-state index in [1.165, 1.54) is 5.56 Å². The number of aliphatic hydroxyl groups is 1. The molecule has 1 atom stereocenters. The summed E-state index contributed by atoms with van der Waals surface area (Å²) < 4.78 is 5.51. The number of methoxy groups -OCH3 is 1. The van der Waals surface area contributed by atoms with Gasteiger partial charge in [-0.15, -0.1) is 0 Å². The molecule has 0 amide bonds. The topological polar surface area (TPSA) is 83.1 Å². The molecule has 2 heterocycles. The van der Waals surface area contributed by atoms with Gasteiger partial charge in [-0.3, -0.25) is 0 Å². The van der Waals surface area contributed by atoms with Gasteiger partial charge in [0, 0.05) is 11.6 Å². The van der Waals surface area contributed by atoms with Crippen LogP contribution >= 0.6 is 0 Å². The van der Waals surface area contributed by atoms with E-state index >= 15 is 0 Å². The van der Waals surface area contributed by atoms with Gasteiger partial charge in [-0.05, 0) is 36.2 Å². The Morgan fingerprint density at radius 1 is 1.11 bits per heavy atom. The van der Waals surface area contributed by atoms with Crippen molar-refractivity contribution < 1.29 is 9.84 Å². The summed E-state index contributed by atoms with van der Waals surface area (Å²) in [4.78, 5) is 12.2. The summed E-state index contributed by atoms with van der Waals surface area (Å²) >= 11 is 0. The number of anilines is 1. The van der Waals surface area contributed by atoms with Crippen molar-refractivity contribution in [1.82, 2.24) is 15.0 Å². The highest BCUT2D eigenvalue weighted by Gasteiger charge is 2.14. The molecular weight excluding hydrogens is 352 g/mol. The molecule has 2 aromatic heterocycles. The lowest BCUT2D eigenvalue weighted by atomic mass is 10.1. The van der Waals surface area contributed by atoms with Gasteiger partial charge < -0.3 is 20.1 Å². The smallest absolute Gasteiger partial charge is 0.143 e. The number of aliphatic hydroxyl groups excluding tert-OH is 1. The van der Waals surface area contributed by atoms with E-state index in [1.807, 2.05) is 42.5 Å². The minimum Gasteiger partial charge on any atom is -0.496 e. The van der Waals surface area contributed by atoms with Crippen molar-refractivity contribution in [2.45, 2.75) is 19.6 Å². The zero-order valence-corrected chi connectivity index (χ0v) is 15.8. The van der Waals surface area contributed by atoms with Crippen LogP contribution in [0.15, 0.2) is 60.9 Å². The van der Waals surface area contributed by atoms with E-state index in [0.717, 1.165) is 33.7 Å². The number of benzene rings is 2. The predicted octanol–water partition coefficient (Wildman–Crippen LogP) is 4.30. The second-order valence-electron chi connectivity index (χ2n) is 6.64. The first-order valence-corrected chi connectivity index (χ1v) is 9.13. The van der Waals surface area contributed by atoms with Crippen LogP contribution in [0.3, 0.4) is 0 Å². The molecule has 4 aromatic rings. The summed E-state index contributed by atoms with van der Waals surface area (Å²) in [5.74, 6) is 1.47. The maximum Gasteiger partial charge on any atom is 0.143 e. The van der Waals surface area contributed by atoms with Crippen molar-refractivity contribution in [3.63, 3.8) is 0 Å². The molecule has 0 spiro atoms. The number of aromatic nitrogens is 3.